The number of carbonyl (C=O) groups excluding carboxylic acids is 1. The van der Waals surface area contributed by atoms with Crippen molar-refractivity contribution in [3.63, 3.8) is 0 Å². The van der Waals surface area contributed by atoms with Gasteiger partial charge in [0.1, 0.15) is 11.6 Å². The molecule has 0 saturated heterocycles. The van der Waals surface area contributed by atoms with Crippen molar-refractivity contribution in [2.24, 2.45) is 5.10 Å². The zero-order valence-electron chi connectivity index (χ0n) is 12.0. The lowest BCUT2D eigenvalue weighted by Crippen LogP contribution is -2.20. The highest BCUT2D eigenvalue weighted by atomic mass is 79.9. The van der Waals surface area contributed by atoms with Gasteiger partial charge in [0.2, 0.25) is 5.91 Å². The first-order valence-electron chi connectivity index (χ1n) is 6.86. The largest absolute Gasteiger partial charge is 0.507 e. The second kappa shape index (κ2) is 6.62. The number of benzene rings is 2. The molecular formula is C16H13BrN4O2. The Morgan fingerprint density at radius 1 is 1.35 bits per heavy atom. The van der Waals surface area contributed by atoms with Gasteiger partial charge in [0.25, 0.3) is 0 Å². The fraction of sp³-hybridized carbons (Fsp3) is 0.0625. The number of fused-ring (bicyclic) bond motifs is 1. The van der Waals surface area contributed by atoms with Crippen molar-refractivity contribution in [2.75, 3.05) is 0 Å². The summed E-state index contributed by atoms with van der Waals surface area (Å²) in [4.78, 5) is 19.3. The number of halogens is 1. The van der Waals surface area contributed by atoms with Crippen LogP contribution < -0.4 is 5.43 Å². The third-order valence-corrected chi connectivity index (χ3v) is 3.64. The van der Waals surface area contributed by atoms with Crippen molar-refractivity contribution in [3.8, 4) is 5.75 Å². The molecule has 0 saturated carbocycles. The van der Waals surface area contributed by atoms with Crippen LogP contribution in [0.2, 0.25) is 0 Å². The molecule has 0 radical (unpaired) electrons. The average Bonchev–Trinajstić information content (AvgIpc) is 2.92. The number of carbonyl (C=O) groups is 1. The molecule has 1 heterocycles. The molecule has 6 nitrogen and oxygen atoms in total. The molecule has 0 fully saturated rings. The van der Waals surface area contributed by atoms with Crippen molar-refractivity contribution in [1.82, 2.24) is 15.4 Å². The first kappa shape index (κ1) is 15.2. The van der Waals surface area contributed by atoms with Crippen LogP contribution >= 0.6 is 15.9 Å². The van der Waals surface area contributed by atoms with Crippen LogP contribution in [0.5, 0.6) is 5.75 Å². The SMILES string of the molecule is O=C(Cc1nc2ccccc2[nH]1)N/N=C/c1cc(Br)ccc1O. The number of amides is 1. The summed E-state index contributed by atoms with van der Waals surface area (Å²) in [5.41, 5.74) is 4.62. The first-order chi connectivity index (χ1) is 11.1. The van der Waals surface area contributed by atoms with Crippen LogP contribution in [0.4, 0.5) is 0 Å². The highest BCUT2D eigenvalue weighted by Crippen LogP contribution is 2.19. The van der Waals surface area contributed by atoms with Gasteiger partial charge >= 0.3 is 0 Å². The van der Waals surface area contributed by atoms with Crippen LogP contribution in [0.3, 0.4) is 0 Å². The van der Waals surface area contributed by atoms with Crippen molar-refractivity contribution in [2.45, 2.75) is 6.42 Å². The van der Waals surface area contributed by atoms with Gasteiger partial charge in [0.05, 0.1) is 23.7 Å². The number of rotatable bonds is 4. The van der Waals surface area contributed by atoms with E-state index in [2.05, 4.69) is 36.4 Å². The lowest BCUT2D eigenvalue weighted by Gasteiger charge is -2.00. The third-order valence-electron chi connectivity index (χ3n) is 3.15. The Kier molecular flexibility index (Phi) is 4.38. The summed E-state index contributed by atoms with van der Waals surface area (Å²) in [6.45, 7) is 0. The number of para-hydroxylation sites is 2. The van der Waals surface area contributed by atoms with E-state index in [0.717, 1.165) is 15.5 Å². The highest BCUT2D eigenvalue weighted by Gasteiger charge is 2.07. The number of H-pyrrole nitrogens is 1. The Labute approximate surface area is 140 Å². The van der Waals surface area contributed by atoms with Gasteiger partial charge in [-0.2, -0.15) is 5.10 Å². The molecule has 3 aromatic rings. The van der Waals surface area contributed by atoms with Crippen LogP contribution in [-0.2, 0) is 11.2 Å². The van der Waals surface area contributed by atoms with E-state index < -0.39 is 0 Å². The monoisotopic (exact) mass is 372 g/mol. The normalized spacial score (nSPS) is 11.2. The Balaban J connectivity index is 1.63. The van der Waals surface area contributed by atoms with E-state index in [9.17, 15) is 9.90 Å². The smallest absolute Gasteiger partial charge is 0.247 e. The predicted octanol–water partition coefficient (Wildman–Crippen LogP) is 2.72. The second-order valence-electron chi connectivity index (χ2n) is 4.87. The summed E-state index contributed by atoms with van der Waals surface area (Å²) in [6, 6.07) is 12.5. The van der Waals surface area contributed by atoms with Crippen molar-refractivity contribution >= 4 is 39.1 Å². The van der Waals surface area contributed by atoms with Crippen LogP contribution in [0.15, 0.2) is 52.0 Å². The summed E-state index contributed by atoms with van der Waals surface area (Å²) < 4.78 is 0.811. The molecule has 0 atom stereocenters. The van der Waals surface area contributed by atoms with Crippen molar-refractivity contribution in [3.05, 3.63) is 58.3 Å². The molecule has 2 aromatic carbocycles. The molecule has 0 aliphatic heterocycles. The molecule has 3 rings (SSSR count). The Hall–Kier alpha value is -2.67. The van der Waals surface area contributed by atoms with E-state index in [1.54, 1.807) is 18.2 Å². The van der Waals surface area contributed by atoms with Gasteiger partial charge in [-0.1, -0.05) is 28.1 Å². The van der Waals surface area contributed by atoms with E-state index in [0.29, 0.717) is 11.4 Å². The number of aromatic hydroxyl groups is 1. The van der Waals surface area contributed by atoms with E-state index in [1.165, 1.54) is 6.21 Å². The van der Waals surface area contributed by atoms with E-state index in [1.807, 2.05) is 24.3 Å². The second-order valence-corrected chi connectivity index (χ2v) is 5.79. The number of hydrogen-bond donors (Lipinski definition) is 3. The Bertz CT molecular complexity index is 856. The Morgan fingerprint density at radius 2 is 2.17 bits per heavy atom. The fourth-order valence-corrected chi connectivity index (χ4v) is 2.46. The lowest BCUT2D eigenvalue weighted by atomic mass is 10.2. The number of aromatic amines is 1. The van der Waals surface area contributed by atoms with Crippen LogP contribution in [0.1, 0.15) is 11.4 Å². The van der Waals surface area contributed by atoms with E-state index in [4.69, 9.17) is 0 Å². The summed E-state index contributed by atoms with van der Waals surface area (Å²) in [5, 5.41) is 13.5. The van der Waals surface area contributed by atoms with Gasteiger partial charge in [-0.25, -0.2) is 10.4 Å². The van der Waals surface area contributed by atoms with Gasteiger partial charge in [0, 0.05) is 10.0 Å². The number of hydrogen-bond acceptors (Lipinski definition) is 4. The quantitative estimate of drug-likeness (QED) is 0.485. The predicted molar refractivity (Wildman–Crippen MR) is 91.3 cm³/mol. The first-order valence-corrected chi connectivity index (χ1v) is 7.65. The summed E-state index contributed by atoms with van der Waals surface area (Å²) in [5.74, 6) is 0.363. The maximum absolute atomic E-state index is 11.9. The number of nitrogens with zero attached hydrogens (tertiary/aromatic N) is 2. The fourth-order valence-electron chi connectivity index (χ4n) is 2.08. The molecule has 1 aromatic heterocycles. The highest BCUT2D eigenvalue weighted by molar-refractivity contribution is 9.10. The number of hydrazone groups is 1. The van der Waals surface area contributed by atoms with Gasteiger partial charge < -0.3 is 10.1 Å². The van der Waals surface area contributed by atoms with E-state index >= 15 is 0 Å². The van der Waals surface area contributed by atoms with Gasteiger partial charge in [0.15, 0.2) is 0 Å². The van der Waals surface area contributed by atoms with Crippen molar-refractivity contribution < 1.29 is 9.90 Å². The zero-order chi connectivity index (χ0) is 16.2. The minimum Gasteiger partial charge on any atom is -0.507 e. The molecule has 0 aliphatic carbocycles. The van der Waals surface area contributed by atoms with Crippen molar-refractivity contribution in [1.29, 1.82) is 0 Å². The van der Waals surface area contributed by atoms with Gasteiger partial charge in [-0.15, -0.1) is 0 Å². The molecule has 7 heteroatoms. The average molecular weight is 373 g/mol. The minimum absolute atomic E-state index is 0.0866. The molecule has 0 spiro atoms. The van der Waals surface area contributed by atoms with Crippen LogP contribution in [-0.4, -0.2) is 27.2 Å². The third kappa shape index (κ3) is 3.75. The summed E-state index contributed by atoms with van der Waals surface area (Å²) in [6.07, 6.45) is 1.48. The van der Waals surface area contributed by atoms with Crippen LogP contribution in [0.25, 0.3) is 11.0 Å². The summed E-state index contributed by atoms with van der Waals surface area (Å²) >= 11 is 3.31. The van der Waals surface area contributed by atoms with Gasteiger partial charge in [-0.05, 0) is 30.3 Å². The number of phenolic OH excluding ortho intramolecular Hbond substituents is 1. The number of phenols is 1. The molecule has 3 N–H and O–H groups in total. The Morgan fingerprint density at radius 3 is 3.00 bits per heavy atom. The van der Waals surface area contributed by atoms with Gasteiger partial charge in [-0.3, -0.25) is 4.79 Å². The molecule has 23 heavy (non-hydrogen) atoms. The topological polar surface area (TPSA) is 90.4 Å². The standard InChI is InChI=1S/C16H13BrN4O2/c17-11-5-6-14(22)10(7-11)9-18-21-16(23)8-15-19-12-3-1-2-4-13(12)20-15/h1-7,9,22H,8H2,(H,19,20)(H,21,23)/b18-9+. The molecule has 116 valence electrons. The van der Waals surface area contributed by atoms with Crippen LogP contribution in [0, 0.1) is 0 Å². The maximum Gasteiger partial charge on any atom is 0.247 e. The number of aromatic nitrogens is 2. The molecule has 0 aliphatic rings. The molecular weight excluding hydrogens is 360 g/mol. The lowest BCUT2D eigenvalue weighted by molar-refractivity contribution is -0.120. The molecule has 0 bridgehead atoms. The minimum atomic E-state index is -0.296. The van der Waals surface area contributed by atoms with E-state index in [-0.39, 0.29) is 18.1 Å². The maximum atomic E-state index is 11.9. The molecule has 1 amide bonds. The molecule has 0 unspecified atom stereocenters. The number of imidazole rings is 1. The number of nitrogens with one attached hydrogen (secondary N) is 2. The summed E-state index contributed by atoms with van der Waals surface area (Å²) in [7, 11) is 0. The zero-order valence-corrected chi connectivity index (χ0v) is 13.5.